The molecule has 0 aliphatic carbocycles. The van der Waals surface area contributed by atoms with Gasteiger partial charge in [0, 0.05) is 36.3 Å². The quantitative estimate of drug-likeness (QED) is 0.878. The van der Waals surface area contributed by atoms with Gasteiger partial charge in [0.25, 0.3) is 0 Å². The third kappa shape index (κ3) is 3.25. The van der Waals surface area contributed by atoms with E-state index in [2.05, 4.69) is 10.2 Å². The number of rotatable bonds is 2. The summed E-state index contributed by atoms with van der Waals surface area (Å²) in [7, 11) is -3.39. The van der Waals surface area contributed by atoms with E-state index in [9.17, 15) is 21.6 Å². The standard InChI is InChI=1S/C15H13F3N4O2S/c1-25(23,24)22-5-4-13-11(8-22)14(21-20-13)9-2-3-12(15(16,17)18)10(6-9)7-19/h2-3,6H,4-5,8H2,1H3,(H,20,21). The van der Waals surface area contributed by atoms with Crippen molar-refractivity contribution in [3.8, 4) is 17.3 Å². The van der Waals surface area contributed by atoms with Crippen LogP contribution in [-0.4, -0.2) is 35.7 Å². The monoisotopic (exact) mass is 370 g/mol. The largest absolute Gasteiger partial charge is 0.417 e. The van der Waals surface area contributed by atoms with Crippen molar-refractivity contribution >= 4 is 10.0 Å². The molecule has 0 spiro atoms. The van der Waals surface area contributed by atoms with Crippen LogP contribution in [0.2, 0.25) is 0 Å². The Balaban J connectivity index is 2.06. The number of fused-ring (bicyclic) bond motifs is 1. The molecule has 132 valence electrons. The van der Waals surface area contributed by atoms with E-state index < -0.39 is 27.3 Å². The van der Waals surface area contributed by atoms with Crippen molar-refractivity contribution in [1.29, 1.82) is 5.26 Å². The summed E-state index contributed by atoms with van der Waals surface area (Å²) in [6.07, 6.45) is -3.09. The Hall–Kier alpha value is -2.38. The number of hydrogen-bond acceptors (Lipinski definition) is 4. The minimum absolute atomic E-state index is 0.0862. The molecule has 0 atom stereocenters. The van der Waals surface area contributed by atoms with Crippen LogP contribution in [0.4, 0.5) is 13.2 Å². The van der Waals surface area contributed by atoms with E-state index in [4.69, 9.17) is 5.26 Å². The zero-order valence-corrected chi connectivity index (χ0v) is 13.9. The number of nitrogens with one attached hydrogen (secondary N) is 1. The van der Waals surface area contributed by atoms with Crippen molar-refractivity contribution in [1.82, 2.24) is 14.5 Å². The summed E-state index contributed by atoms with van der Waals surface area (Å²) in [6.45, 7) is 0.396. The number of aromatic nitrogens is 2. The van der Waals surface area contributed by atoms with Gasteiger partial charge in [-0.15, -0.1) is 0 Å². The average Bonchev–Trinajstić information content (AvgIpc) is 2.95. The van der Waals surface area contributed by atoms with E-state index in [0.29, 0.717) is 29.8 Å². The number of nitriles is 1. The second kappa shape index (κ2) is 5.86. The summed E-state index contributed by atoms with van der Waals surface area (Å²) in [5.41, 5.74) is 0.526. The van der Waals surface area contributed by atoms with Gasteiger partial charge in [-0.2, -0.15) is 27.8 Å². The highest BCUT2D eigenvalue weighted by molar-refractivity contribution is 7.88. The highest BCUT2D eigenvalue weighted by Crippen LogP contribution is 2.35. The van der Waals surface area contributed by atoms with Crippen LogP contribution in [0, 0.1) is 11.3 Å². The van der Waals surface area contributed by atoms with Crippen LogP contribution in [0.3, 0.4) is 0 Å². The molecule has 1 aromatic heterocycles. The fourth-order valence-corrected chi connectivity index (χ4v) is 3.61. The molecule has 0 amide bonds. The van der Waals surface area contributed by atoms with E-state index in [1.807, 2.05) is 0 Å². The smallest absolute Gasteiger partial charge is 0.282 e. The molecule has 25 heavy (non-hydrogen) atoms. The van der Waals surface area contributed by atoms with Crippen LogP contribution < -0.4 is 0 Å². The van der Waals surface area contributed by atoms with E-state index in [1.54, 1.807) is 6.07 Å². The Morgan fingerprint density at radius 3 is 2.68 bits per heavy atom. The molecule has 0 saturated carbocycles. The molecule has 0 fully saturated rings. The number of benzene rings is 1. The summed E-state index contributed by atoms with van der Waals surface area (Å²) < 4.78 is 63.5. The summed E-state index contributed by atoms with van der Waals surface area (Å²) in [6, 6.07) is 4.75. The highest BCUT2D eigenvalue weighted by atomic mass is 32.2. The number of H-pyrrole nitrogens is 1. The second-order valence-electron chi connectivity index (χ2n) is 5.75. The molecule has 0 saturated heterocycles. The Labute approximate surface area is 141 Å². The topological polar surface area (TPSA) is 89.8 Å². The Kier molecular flexibility index (Phi) is 4.09. The molecule has 1 aliphatic rings. The normalized spacial score (nSPS) is 15.6. The Morgan fingerprint density at radius 2 is 2.08 bits per heavy atom. The fourth-order valence-electron chi connectivity index (χ4n) is 2.82. The van der Waals surface area contributed by atoms with Crippen LogP contribution in [0.5, 0.6) is 0 Å². The number of aromatic amines is 1. The summed E-state index contributed by atoms with van der Waals surface area (Å²) in [5, 5.41) is 15.9. The van der Waals surface area contributed by atoms with Gasteiger partial charge in [0.2, 0.25) is 10.0 Å². The molecule has 1 N–H and O–H groups in total. The maximum absolute atomic E-state index is 12.9. The molecule has 1 aromatic carbocycles. The van der Waals surface area contributed by atoms with Crippen LogP contribution >= 0.6 is 0 Å². The molecular formula is C15H13F3N4O2S. The minimum Gasteiger partial charge on any atom is -0.282 e. The van der Waals surface area contributed by atoms with Gasteiger partial charge in [-0.1, -0.05) is 6.07 Å². The number of alkyl halides is 3. The maximum atomic E-state index is 12.9. The van der Waals surface area contributed by atoms with E-state index in [1.165, 1.54) is 10.4 Å². The van der Waals surface area contributed by atoms with Crippen molar-refractivity contribution in [2.24, 2.45) is 0 Å². The summed E-state index contributed by atoms with van der Waals surface area (Å²) in [4.78, 5) is 0. The average molecular weight is 370 g/mol. The van der Waals surface area contributed by atoms with Gasteiger partial charge in [0.15, 0.2) is 0 Å². The predicted molar refractivity (Wildman–Crippen MR) is 82.7 cm³/mol. The molecule has 2 aromatic rings. The second-order valence-corrected chi connectivity index (χ2v) is 7.73. The van der Waals surface area contributed by atoms with E-state index >= 15 is 0 Å². The highest BCUT2D eigenvalue weighted by Gasteiger charge is 2.34. The first-order chi connectivity index (χ1) is 11.6. The van der Waals surface area contributed by atoms with Crippen LogP contribution in [0.15, 0.2) is 18.2 Å². The van der Waals surface area contributed by atoms with Gasteiger partial charge >= 0.3 is 6.18 Å². The molecule has 6 nitrogen and oxygen atoms in total. The molecule has 2 heterocycles. The molecule has 1 aliphatic heterocycles. The number of sulfonamides is 1. The van der Waals surface area contributed by atoms with Gasteiger partial charge < -0.3 is 0 Å². The van der Waals surface area contributed by atoms with Crippen molar-refractivity contribution < 1.29 is 21.6 Å². The Morgan fingerprint density at radius 1 is 1.36 bits per heavy atom. The van der Waals surface area contributed by atoms with Crippen molar-refractivity contribution in [2.45, 2.75) is 19.1 Å². The van der Waals surface area contributed by atoms with Gasteiger partial charge in [-0.3, -0.25) is 5.10 Å². The van der Waals surface area contributed by atoms with Crippen molar-refractivity contribution in [3.05, 3.63) is 40.6 Å². The first kappa shape index (κ1) is 17.4. The van der Waals surface area contributed by atoms with E-state index in [0.717, 1.165) is 24.1 Å². The lowest BCUT2D eigenvalue weighted by atomic mass is 9.98. The Bertz CT molecular complexity index is 974. The van der Waals surface area contributed by atoms with Crippen LogP contribution in [-0.2, 0) is 29.2 Å². The molecule has 10 heteroatoms. The van der Waals surface area contributed by atoms with Gasteiger partial charge in [0.1, 0.15) is 0 Å². The molecular weight excluding hydrogens is 357 g/mol. The molecule has 3 rings (SSSR count). The third-order valence-corrected chi connectivity index (χ3v) is 5.34. The first-order valence-corrected chi connectivity index (χ1v) is 9.09. The van der Waals surface area contributed by atoms with Crippen molar-refractivity contribution in [2.75, 3.05) is 12.8 Å². The summed E-state index contributed by atoms with van der Waals surface area (Å²) in [5.74, 6) is 0. The molecule has 0 unspecified atom stereocenters. The van der Waals surface area contributed by atoms with Gasteiger partial charge in [0.05, 0.1) is 29.1 Å². The molecule has 0 bridgehead atoms. The number of nitrogens with zero attached hydrogens (tertiary/aromatic N) is 3. The summed E-state index contributed by atoms with van der Waals surface area (Å²) >= 11 is 0. The van der Waals surface area contributed by atoms with E-state index in [-0.39, 0.29) is 6.54 Å². The first-order valence-electron chi connectivity index (χ1n) is 7.24. The number of halogens is 3. The number of hydrogen-bond donors (Lipinski definition) is 1. The maximum Gasteiger partial charge on any atom is 0.417 e. The lowest BCUT2D eigenvalue weighted by molar-refractivity contribution is -0.137. The minimum atomic E-state index is -4.62. The lowest BCUT2D eigenvalue weighted by Crippen LogP contribution is -2.35. The zero-order chi connectivity index (χ0) is 18.4. The predicted octanol–water partition coefficient (Wildman–Crippen LogP) is 2.28. The lowest BCUT2D eigenvalue weighted by Gasteiger charge is -2.24. The van der Waals surface area contributed by atoms with Crippen LogP contribution in [0.1, 0.15) is 22.4 Å². The third-order valence-electron chi connectivity index (χ3n) is 4.09. The fraction of sp³-hybridized carbons (Fsp3) is 0.333. The van der Waals surface area contributed by atoms with Crippen molar-refractivity contribution in [3.63, 3.8) is 0 Å². The van der Waals surface area contributed by atoms with Crippen LogP contribution in [0.25, 0.3) is 11.3 Å². The van der Waals surface area contributed by atoms with Gasteiger partial charge in [-0.25, -0.2) is 8.42 Å². The molecule has 0 radical (unpaired) electrons. The zero-order valence-electron chi connectivity index (χ0n) is 13.1. The SMILES string of the molecule is CS(=O)(=O)N1CCc2[nH]nc(-c3ccc(C(F)(F)F)c(C#N)c3)c2C1. The van der Waals surface area contributed by atoms with Gasteiger partial charge in [-0.05, 0) is 12.1 Å².